The molecule has 2 aromatic rings. The molecule has 10 heteroatoms. The molecule has 106 valence electrons. The number of aromatic nitrogens is 2. The van der Waals surface area contributed by atoms with Crippen LogP contribution < -0.4 is 4.72 Å². The number of halogens is 2. The molecule has 20 heavy (non-hydrogen) atoms. The first-order valence-electron chi connectivity index (χ1n) is 5.06. The highest BCUT2D eigenvalue weighted by atomic mass is 35.5. The van der Waals surface area contributed by atoms with Crippen molar-refractivity contribution in [1.82, 2.24) is 10.2 Å². The average Bonchev–Trinajstić information content (AvgIpc) is 2.79. The Kier molecular flexibility index (Phi) is 3.89. The Labute approximate surface area is 123 Å². The van der Waals surface area contributed by atoms with Crippen molar-refractivity contribution in [2.45, 2.75) is 4.90 Å². The second kappa shape index (κ2) is 5.31. The summed E-state index contributed by atoms with van der Waals surface area (Å²) in [6.45, 7) is 0. The maximum atomic E-state index is 12.1. The van der Waals surface area contributed by atoms with E-state index < -0.39 is 20.9 Å². The Morgan fingerprint density at radius 1 is 1.30 bits per heavy atom. The number of nitrogens with zero attached hydrogens (tertiary/aromatic N) is 1. The van der Waals surface area contributed by atoms with Gasteiger partial charge in [0.15, 0.2) is 0 Å². The first kappa shape index (κ1) is 14.6. The van der Waals surface area contributed by atoms with Gasteiger partial charge in [-0.05, 0) is 12.1 Å². The molecule has 7 nitrogen and oxygen atoms in total. The molecule has 1 aromatic carbocycles. The topological polar surface area (TPSA) is 112 Å². The lowest BCUT2D eigenvalue weighted by atomic mass is 10.2. The first-order valence-corrected chi connectivity index (χ1v) is 7.29. The van der Waals surface area contributed by atoms with Gasteiger partial charge in [-0.1, -0.05) is 23.2 Å². The van der Waals surface area contributed by atoms with E-state index in [1.54, 1.807) is 0 Å². The van der Waals surface area contributed by atoms with Crippen molar-refractivity contribution in [2.24, 2.45) is 0 Å². The highest BCUT2D eigenvalue weighted by Gasteiger charge is 2.22. The third-order valence-corrected chi connectivity index (χ3v) is 4.43. The highest BCUT2D eigenvalue weighted by molar-refractivity contribution is 7.92. The molecule has 3 N–H and O–H groups in total. The number of sulfonamides is 1. The molecule has 1 aromatic heterocycles. The molecule has 0 unspecified atom stereocenters. The smallest absolute Gasteiger partial charge is 0.337 e. The third kappa shape index (κ3) is 2.87. The monoisotopic (exact) mass is 335 g/mol. The summed E-state index contributed by atoms with van der Waals surface area (Å²) >= 11 is 11.5. The van der Waals surface area contributed by atoms with Crippen molar-refractivity contribution in [3.8, 4) is 0 Å². The van der Waals surface area contributed by atoms with Gasteiger partial charge < -0.3 is 5.11 Å². The van der Waals surface area contributed by atoms with Gasteiger partial charge in [0.05, 0.1) is 21.8 Å². The lowest BCUT2D eigenvalue weighted by Crippen LogP contribution is -2.15. The van der Waals surface area contributed by atoms with Crippen molar-refractivity contribution in [3.05, 3.63) is 40.0 Å². The standard InChI is InChI=1S/C10H7Cl2N3O4S/c11-6-4-7(12)8(3-5(6)10(16)17)20(18,19)15-9-1-2-13-14-9/h1-4H,(H,16,17)(H2,13,14,15). The Balaban J connectivity index is 2.51. The van der Waals surface area contributed by atoms with Gasteiger partial charge in [0.1, 0.15) is 10.7 Å². The number of H-pyrrole nitrogens is 1. The number of benzene rings is 1. The zero-order valence-electron chi connectivity index (χ0n) is 9.59. The normalized spacial score (nSPS) is 11.3. The SMILES string of the molecule is O=C(O)c1cc(S(=O)(=O)Nc2ccn[nH]2)c(Cl)cc1Cl. The number of aromatic carboxylic acids is 1. The number of carboxylic acids is 1. The van der Waals surface area contributed by atoms with E-state index in [4.69, 9.17) is 28.3 Å². The molecule has 0 amide bonds. The Hall–Kier alpha value is -1.77. The Morgan fingerprint density at radius 2 is 2.00 bits per heavy atom. The molecule has 1 heterocycles. The summed E-state index contributed by atoms with van der Waals surface area (Å²) < 4.78 is 26.4. The molecular formula is C10H7Cl2N3O4S. The maximum absolute atomic E-state index is 12.1. The largest absolute Gasteiger partial charge is 0.478 e. The predicted octanol–water partition coefficient (Wildman–Crippen LogP) is 2.22. The van der Waals surface area contributed by atoms with Crippen molar-refractivity contribution in [3.63, 3.8) is 0 Å². The van der Waals surface area contributed by atoms with Gasteiger partial charge in [0.25, 0.3) is 10.0 Å². The van der Waals surface area contributed by atoms with E-state index in [1.165, 1.54) is 12.3 Å². The van der Waals surface area contributed by atoms with Crippen molar-refractivity contribution in [2.75, 3.05) is 4.72 Å². The lowest BCUT2D eigenvalue weighted by molar-refractivity contribution is 0.0697. The van der Waals surface area contributed by atoms with E-state index in [0.29, 0.717) is 0 Å². The fraction of sp³-hybridized carbons (Fsp3) is 0. The van der Waals surface area contributed by atoms with Gasteiger partial charge in [-0.25, -0.2) is 13.2 Å². The fourth-order valence-corrected chi connectivity index (χ4v) is 3.28. The molecule has 0 bridgehead atoms. The van der Waals surface area contributed by atoms with Gasteiger partial charge in [-0.2, -0.15) is 5.10 Å². The van der Waals surface area contributed by atoms with Crippen LogP contribution in [-0.2, 0) is 10.0 Å². The van der Waals surface area contributed by atoms with Crippen LogP contribution >= 0.6 is 23.2 Å². The van der Waals surface area contributed by atoms with Crippen LogP contribution in [-0.4, -0.2) is 29.7 Å². The average molecular weight is 336 g/mol. The van der Waals surface area contributed by atoms with Gasteiger partial charge in [0.2, 0.25) is 0 Å². The molecule has 0 atom stereocenters. The number of carboxylic acid groups (broad SMARTS) is 1. The van der Waals surface area contributed by atoms with E-state index in [0.717, 1.165) is 12.1 Å². The number of aromatic amines is 1. The van der Waals surface area contributed by atoms with Crippen LogP contribution in [0.3, 0.4) is 0 Å². The highest BCUT2D eigenvalue weighted by Crippen LogP contribution is 2.29. The van der Waals surface area contributed by atoms with E-state index >= 15 is 0 Å². The Morgan fingerprint density at radius 3 is 2.55 bits per heavy atom. The third-order valence-electron chi connectivity index (χ3n) is 2.29. The number of carbonyl (C=O) groups is 1. The summed E-state index contributed by atoms with van der Waals surface area (Å²) in [6, 6.07) is 3.35. The first-order chi connectivity index (χ1) is 9.31. The van der Waals surface area contributed by atoms with Crippen LogP contribution in [0.15, 0.2) is 29.3 Å². The van der Waals surface area contributed by atoms with E-state index in [1.807, 2.05) is 0 Å². The van der Waals surface area contributed by atoms with Gasteiger partial charge in [0, 0.05) is 6.07 Å². The van der Waals surface area contributed by atoms with Crippen LogP contribution in [0.2, 0.25) is 10.0 Å². The summed E-state index contributed by atoms with van der Waals surface area (Å²) in [7, 11) is -4.06. The zero-order valence-corrected chi connectivity index (χ0v) is 11.9. The predicted molar refractivity (Wildman–Crippen MR) is 72.8 cm³/mol. The molecule has 0 aliphatic heterocycles. The fourth-order valence-electron chi connectivity index (χ4n) is 1.41. The summed E-state index contributed by atoms with van der Waals surface area (Å²) in [5.41, 5.74) is -0.360. The number of anilines is 1. The molecule has 0 aliphatic carbocycles. The molecule has 0 spiro atoms. The van der Waals surface area contributed by atoms with E-state index in [-0.39, 0.29) is 21.4 Å². The number of hydrogen-bond acceptors (Lipinski definition) is 4. The molecule has 0 saturated carbocycles. The van der Waals surface area contributed by atoms with E-state index in [9.17, 15) is 13.2 Å². The number of rotatable bonds is 4. The molecule has 2 rings (SSSR count). The van der Waals surface area contributed by atoms with Crippen molar-refractivity contribution < 1.29 is 18.3 Å². The summed E-state index contributed by atoms with van der Waals surface area (Å²) in [5, 5.41) is 14.6. The van der Waals surface area contributed by atoms with Gasteiger partial charge in [-0.3, -0.25) is 9.82 Å². The summed E-state index contributed by atoms with van der Waals surface area (Å²) in [6.07, 6.45) is 1.35. The minimum Gasteiger partial charge on any atom is -0.478 e. The van der Waals surface area contributed by atoms with Crippen LogP contribution in [0.4, 0.5) is 5.82 Å². The van der Waals surface area contributed by atoms with Crippen LogP contribution in [0.5, 0.6) is 0 Å². The molecular weight excluding hydrogens is 329 g/mol. The van der Waals surface area contributed by atoms with Gasteiger partial charge >= 0.3 is 5.97 Å². The van der Waals surface area contributed by atoms with Crippen LogP contribution in [0, 0.1) is 0 Å². The molecule has 0 fully saturated rings. The minimum atomic E-state index is -4.06. The summed E-state index contributed by atoms with van der Waals surface area (Å²) in [4.78, 5) is 10.6. The van der Waals surface area contributed by atoms with Crippen LogP contribution in [0.25, 0.3) is 0 Å². The maximum Gasteiger partial charge on any atom is 0.337 e. The van der Waals surface area contributed by atoms with Gasteiger partial charge in [-0.15, -0.1) is 0 Å². The molecule has 0 aliphatic rings. The van der Waals surface area contributed by atoms with Crippen LogP contribution in [0.1, 0.15) is 10.4 Å². The second-order valence-electron chi connectivity index (χ2n) is 3.64. The summed E-state index contributed by atoms with van der Waals surface area (Å²) in [5.74, 6) is -1.24. The quantitative estimate of drug-likeness (QED) is 0.792. The number of nitrogens with one attached hydrogen (secondary N) is 2. The Bertz CT molecular complexity index is 759. The minimum absolute atomic E-state index is 0.118. The van der Waals surface area contributed by atoms with E-state index in [2.05, 4.69) is 14.9 Å². The molecule has 0 saturated heterocycles. The van der Waals surface area contributed by atoms with Crippen molar-refractivity contribution in [1.29, 1.82) is 0 Å². The number of hydrogen-bond donors (Lipinski definition) is 3. The zero-order chi connectivity index (χ0) is 14.9. The van der Waals surface area contributed by atoms with Crippen molar-refractivity contribution >= 4 is 45.0 Å². The second-order valence-corrected chi connectivity index (χ2v) is 6.11. The molecule has 0 radical (unpaired) electrons. The lowest BCUT2D eigenvalue weighted by Gasteiger charge is -2.09.